The van der Waals surface area contributed by atoms with Crippen LogP contribution in [0.1, 0.15) is 48.9 Å². The Morgan fingerprint density at radius 3 is 2.79 bits per heavy atom. The molecule has 3 aromatic rings. The van der Waals surface area contributed by atoms with E-state index in [1.165, 1.54) is 34.9 Å². The van der Waals surface area contributed by atoms with Crippen molar-refractivity contribution in [3.63, 3.8) is 0 Å². The average molecular weight is 454 g/mol. The molecule has 0 spiro atoms. The Hall–Kier alpha value is -2.47. The summed E-state index contributed by atoms with van der Waals surface area (Å²) in [5, 5.41) is 3.60. The number of nitrogens with one attached hydrogen (secondary N) is 1. The molecule has 1 aliphatic rings. The van der Waals surface area contributed by atoms with Crippen LogP contribution in [0, 0.1) is 0 Å². The predicted molar refractivity (Wildman–Crippen MR) is 118 cm³/mol. The summed E-state index contributed by atoms with van der Waals surface area (Å²) in [5.41, 5.74) is 4.50. The molecule has 2 aromatic carbocycles. The minimum atomic E-state index is -0.133. The normalized spacial score (nSPS) is 14.4. The van der Waals surface area contributed by atoms with Crippen molar-refractivity contribution in [1.82, 2.24) is 14.9 Å². The van der Waals surface area contributed by atoms with Gasteiger partial charge in [-0.05, 0) is 67.5 Å². The average Bonchev–Trinajstić information content (AvgIpc) is 2.73. The summed E-state index contributed by atoms with van der Waals surface area (Å²) in [4.78, 5) is 29.4. The lowest BCUT2D eigenvalue weighted by Gasteiger charge is -2.20. The van der Waals surface area contributed by atoms with Crippen LogP contribution in [-0.4, -0.2) is 15.5 Å². The van der Waals surface area contributed by atoms with Gasteiger partial charge < -0.3 is 5.32 Å². The van der Waals surface area contributed by atoms with E-state index in [-0.39, 0.29) is 23.9 Å². The van der Waals surface area contributed by atoms with Gasteiger partial charge in [0.05, 0.1) is 23.3 Å². The van der Waals surface area contributed by atoms with Crippen LogP contribution in [0.15, 0.2) is 52.0 Å². The van der Waals surface area contributed by atoms with Crippen molar-refractivity contribution in [3.05, 3.63) is 74.2 Å². The molecule has 0 saturated heterocycles. The van der Waals surface area contributed by atoms with E-state index >= 15 is 0 Å². The molecule has 1 N–H and O–H groups in total. The first kappa shape index (κ1) is 19.8. The zero-order valence-corrected chi connectivity index (χ0v) is 18.0. The summed E-state index contributed by atoms with van der Waals surface area (Å²) in [5.74, 6) is -0.0727. The molecule has 150 valence electrons. The number of hydrogen-bond donors (Lipinski definition) is 1. The molecule has 1 heterocycles. The minimum absolute atomic E-state index is 0.0582. The largest absolute Gasteiger partial charge is 0.350 e. The lowest BCUT2D eigenvalue weighted by atomic mass is 9.89. The van der Waals surface area contributed by atoms with Gasteiger partial charge in [0.25, 0.3) is 5.56 Å². The number of nitrogens with zero attached hydrogens (tertiary/aromatic N) is 2. The van der Waals surface area contributed by atoms with Gasteiger partial charge in [-0.25, -0.2) is 4.98 Å². The van der Waals surface area contributed by atoms with E-state index in [9.17, 15) is 9.59 Å². The lowest BCUT2D eigenvalue weighted by molar-refractivity contribution is -0.121. The topological polar surface area (TPSA) is 64.0 Å². The fourth-order valence-corrected chi connectivity index (χ4v) is 4.29. The summed E-state index contributed by atoms with van der Waals surface area (Å²) in [6, 6.07) is 11.9. The molecular formula is C23H24BrN3O2. The summed E-state index contributed by atoms with van der Waals surface area (Å²) in [6.45, 7) is 2.31. The first-order chi connectivity index (χ1) is 14.0. The van der Waals surface area contributed by atoms with E-state index in [0.717, 1.165) is 22.9 Å². The number of aromatic nitrogens is 2. The maximum Gasteiger partial charge on any atom is 0.261 e. The number of carbonyl (C=O) groups is 1. The van der Waals surface area contributed by atoms with Gasteiger partial charge in [0, 0.05) is 17.4 Å². The van der Waals surface area contributed by atoms with E-state index < -0.39 is 0 Å². The first-order valence-electron chi connectivity index (χ1n) is 10.1. The number of amides is 1. The van der Waals surface area contributed by atoms with E-state index in [4.69, 9.17) is 0 Å². The SMILES string of the molecule is CC(NC(=O)CCn1cnc2ccc(Br)cc2c1=O)c1ccc2c(c1)CCCC2. The number of fused-ring (bicyclic) bond motifs is 2. The van der Waals surface area contributed by atoms with Crippen LogP contribution < -0.4 is 10.9 Å². The maximum absolute atomic E-state index is 12.6. The summed E-state index contributed by atoms with van der Waals surface area (Å²) in [7, 11) is 0. The highest BCUT2D eigenvalue weighted by Crippen LogP contribution is 2.24. The lowest BCUT2D eigenvalue weighted by Crippen LogP contribution is -2.29. The maximum atomic E-state index is 12.6. The van der Waals surface area contributed by atoms with Crippen LogP contribution in [0.5, 0.6) is 0 Å². The van der Waals surface area contributed by atoms with Gasteiger partial charge in [-0.1, -0.05) is 34.1 Å². The zero-order chi connectivity index (χ0) is 20.4. The van der Waals surface area contributed by atoms with Crippen LogP contribution in [0.25, 0.3) is 10.9 Å². The van der Waals surface area contributed by atoms with E-state index in [0.29, 0.717) is 17.4 Å². The van der Waals surface area contributed by atoms with Gasteiger partial charge in [-0.3, -0.25) is 14.2 Å². The van der Waals surface area contributed by atoms with Crippen LogP contribution >= 0.6 is 15.9 Å². The Morgan fingerprint density at radius 1 is 1.17 bits per heavy atom. The fraction of sp³-hybridized carbons (Fsp3) is 0.348. The smallest absolute Gasteiger partial charge is 0.261 e. The second-order valence-corrected chi connectivity index (χ2v) is 8.59. The number of carbonyl (C=O) groups excluding carboxylic acids is 1. The molecule has 0 bridgehead atoms. The molecule has 1 atom stereocenters. The molecular weight excluding hydrogens is 430 g/mol. The van der Waals surface area contributed by atoms with Crippen LogP contribution in [-0.2, 0) is 24.2 Å². The second-order valence-electron chi connectivity index (χ2n) is 7.68. The van der Waals surface area contributed by atoms with Gasteiger partial charge in [0.2, 0.25) is 5.91 Å². The number of halogens is 1. The monoisotopic (exact) mass is 453 g/mol. The summed E-state index contributed by atoms with van der Waals surface area (Å²) in [6.07, 6.45) is 6.52. The van der Waals surface area contributed by atoms with Gasteiger partial charge in [-0.2, -0.15) is 0 Å². The Morgan fingerprint density at radius 2 is 1.97 bits per heavy atom. The highest BCUT2D eigenvalue weighted by atomic mass is 79.9. The third-order valence-corrected chi connectivity index (χ3v) is 6.11. The summed E-state index contributed by atoms with van der Waals surface area (Å²) < 4.78 is 2.33. The second kappa shape index (κ2) is 8.49. The van der Waals surface area contributed by atoms with Crippen molar-refractivity contribution in [3.8, 4) is 0 Å². The number of rotatable bonds is 5. The molecule has 6 heteroatoms. The number of aryl methyl sites for hydroxylation is 3. The third kappa shape index (κ3) is 4.42. The van der Waals surface area contributed by atoms with Gasteiger partial charge in [-0.15, -0.1) is 0 Å². The summed E-state index contributed by atoms with van der Waals surface area (Å²) >= 11 is 3.39. The van der Waals surface area contributed by atoms with Crippen LogP contribution in [0.3, 0.4) is 0 Å². The standard InChI is InChI=1S/C23H24BrN3O2/c1-15(17-7-6-16-4-2-3-5-18(16)12-17)26-22(28)10-11-27-14-25-21-9-8-19(24)13-20(21)23(27)29/h6-9,12-15H,2-5,10-11H2,1H3,(H,26,28). The molecule has 5 nitrogen and oxygen atoms in total. The highest BCUT2D eigenvalue weighted by Gasteiger charge is 2.14. The van der Waals surface area contributed by atoms with Gasteiger partial charge in [0.15, 0.2) is 0 Å². The van der Waals surface area contributed by atoms with Crippen molar-refractivity contribution in [2.45, 2.75) is 51.6 Å². The van der Waals surface area contributed by atoms with E-state index in [1.54, 1.807) is 12.1 Å². The molecule has 1 aromatic heterocycles. The van der Waals surface area contributed by atoms with Crippen molar-refractivity contribution >= 4 is 32.7 Å². The predicted octanol–water partition coefficient (Wildman–Crippen LogP) is 4.31. The Kier molecular flexibility index (Phi) is 5.81. The number of benzene rings is 2. The van der Waals surface area contributed by atoms with Gasteiger partial charge in [0.1, 0.15) is 0 Å². The van der Waals surface area contributed by atoms with Crippen molar-refractivity contribution in [2.75, 3.05) is 0 Å². The van der Waals surface area contributed by atoms with Crippen molar-refractivity contribution in [2.24, 2.45) is 0 Å². The van der Waals surface area contributed by atoms with E-state index in [2.05, 4.69) is 44.4 Å². The molecule has 0 aliphatic heterocycles. The van der Waals surface area contributed by atoms with E-state index in [1.807, 2.05) is 13.0 Å². The van der Waals surface area contributed by atoms with Crippen LogP contribution in [0.4, 0.5) is 0 Å². The van der Waals surface area contributed by atoms with Crippen molar-refractivity contribution < 1.29 is 4.79 Å². The molecule has 0 fully saturated rings. The quantitative estimate of drug-likeness (QED) is 0.625. The Labute approximate surface area is 178 Å². The van der Waals surface area contributed by atoms with Gasteiger partial charge >= 0.3 is 0 Å². The molecule has 1 unspecified atom stereocenters. The fourth-order valence-electron chi connectivity index (χ4n) is 3.93. The molecule has 1 amide bonds. The molecule has 0 saturated carbocycles. The first-order valence-corrected chi connectivity index (χ1v) is 10.9. The Balaban J connectivity index is 1.40. The highest BCUT2D eigenvalue weighted by molar-refractivity contribution is 9.10. The zero-order valence-electron chi connectivity index (χ0n) is 16.5. The molecule has 4 rings (SSSR count). The Bertz CT molecular complexity index is 1120. The number of hydrogen-bond acceptors (Lipinski definition) is 3. The molecule has 0 radical (unpaired) electrons. The minimum Gasteiger partial charge on any atom is -0.350 e. The third-order valence-electron chi connectivity index (χ3n) is 5.62. The molecule has 29 heavy (non-hydrogen) atoms. The molecule has 1 aliphatic carbocycles. The van der Waals surface area contributed by atoms with Crippen molar-refractivity contribution in [1.29, 1.82) is 0 Å². The van der Waals surface area contributed by atoms with Crippen LogP contribution in [0.2, 0.25) is 0 Å².